The first kappa shape index (κ1) is 40.3. The molecule has 5 aromatic rings. The Hall–Kier alpha value is -6.37. The number of ether oxygens (including phenoxy) is 1. The van der Waals surface area contributed by atoms with Crippen molar-refractivity contribution in [2.24, 2.45) is 11.8 Å². The van der Waals surface area contributed by atoms with E-state index in [2.05, 4.69) is 31.6 Å². The van der Waals surface area contributed by atoms with Crippen molar-refractivity contribution < 1.29 is 28.7 Å². The second-order valence-corrected chi connectivity index (χ2v) is 15.2. The van der Waals surface area contributed by atoms with Gasteiger partial charge in [0.2, 0.25) is 17.7 Å². The molecule has 0 saturated carbocycles. The van der Waals surface area contributed by atoms with Gasteiger partial charge in [0.25, 0.3) is 5.91 Å². The fraction of sp³-hybridized carbons (Fsp3) is 0.341. The number of carbonyl (C=O) groups excluding carboxylic acids is 5. The number of hydrogen-bond donors (Lipinski definition) is 4. The van der Waals surface area contributed by atoms with Crippen molar-refractivity contribution in [1.82, 2.24) is 36.3 Å². The largest absolute Gasteiger partial charge is 0.449 e. The minimum absolute atomic E-state index is 0.0437. The summed E-state index contributed by atoms with van der Waals surface area (Å²) in [6.45, 7) is 8.97. The molecule has 0 radical (unpaired) electrons. The molecule has 1 aliphatic carbocycles. The molecule has 57 heavy (non-hydrogen) atoms. The van der Waals surface area contributed by atoms with Gasteiger partial charge in [-0.05, 0) is 65.1 Å². The number of hydrogen-bond acceptors (Lipinski definition) is 8. The Morgan fingerprint density at radius 1 is 0.667 bits per heavy atom. The smallest absolute Gasteiger partial charge is 0.407 e. The summed E-state index contributed by atoms with van der Waals surface area (Å²) < 4.78 is 6.93. The fourth-order valence-corrected chi connectivity index (χ4v) is 7.17. The summed E-state index contributed by atoms with van der Waals surface area (Å²) in [4.78, 5) is 68.1. The van der Waals surface area contributed by atoms with Crippen molar-refractivity contribution in [3.63, 3.8) is 0 Å². The van der Waals surface area contributed by atoms with E-state index in [9.17, 15) is 24.0 Å². The van der Waals surface area contributed by atoms with Crippen LogP contribution < -0.4 is 21.3 Å². The van der Waals surface area contributed by atoms with E-state index in [1.807, 2.05) is 92.7 Å². The van der Waals surface area contributed by atoms with Gasteiger partial charge in [0.1, 0.15) is 36.3 Å². The van der Waals surface area contributed by atoms with Crippen LogP contribution in [0.25, 0.3) is 22.2 Å². The summed E-state index contributed by atoms with van der Waals surface area (Å²) in [5.74, 6) is -2.73. The summed E-state index contributed by atoms with van der Waals surface area (Å²) in [6.07, 6.45) is -0.316. The van der Waals surface area contributed by atoms with Crippen LogP contribution in [0.5, 0.6) is 0 Å². The Labute approximate surface area is 331 Å². The third-order valence-corrected chi connectivity index (χ3v) is 10.1. The van der Waals surface area contributed by atoms with Gasteiger partial charge in [-0.2, -0.15) is 4.68 Å². The van der Waals surface area contributed by atoms with E-state index in [-0.39, 0.29) is 30.8 Å². The number of aromatic nitrogens is 3. The summed E-state index contributed by atoms with van der Waals surface area (Å²) in [6, 6.07) is 28.1. The molecular weight excluding hydrogens is 723 g/mol. The lowest BCUT2D eigenvalue weighted by Gasteiger charge is -2.27. The third kappa shape index (κ3) is 9.54. The Morgan fingerprint density at radius 3 is 1.93 bits per heavy atom. The molecule has 0 saturated heterocycles. The number of carbonyl (C=O) groups is 5. The SMILES string of the molecule is CC(C)C[C@H](NC(=O)[C@@H](NC(=O)[C@H](C)NC(=O)[C@H](Cc1ccccc1)NC(=O)OCC1c2ccccc2-c2ccccc21)C(C)C)C(=O)n1nnc2ccccc21. The van der Waals surface area contributed by atoms with E-state index in [1.54, 1.807) is 38.1 Å². The molecule has 0 unspecified atom stereocenters. The Morgan fingerprint density at radius 2 is 1.28 bits per heavy atom. The van der Waals surface area contributed by atoms with E-state index in [0.717, 1.165) is 27.8 Å². The highest BCUT2D eigenvalue weighted by atomic mass is 16.5. The molecule has 0 spiro atoms. The number of fused-ring (bicyclic) bond motifs is 4. The van der Waals surface area contributed by atoms with Crippen LogP contribution in [0.15, 0.2) is 103 Å². The van der Waals surface area contributed by atoms with E-state index in [1.165, 1.54) is 11.6 Å². The van der Waals surface area contributed by atoms with Crippen molar-refractivity contribution in [3.05, 3.63) is 120 Å². The molecule has 4 amide bonds. The summed E-state index contributed by atoms with van der Waals surface area (Å²) in [5.41, 5.74) is 6.16. The van der Waals surface area contributed by atoms with Crippen LogP contribution in [0.4, 0.5) is 4.79 Å². The van der Waals surface area contributed by atoms with Gasteiger partial charge in [-0.25, -0.2) is 4.79 Å². The zero-order valence-electron chi connectivity index (χ0n) is 32.8. The average molecular weight is 772 g/mol. The summed E-state index contributed by atoms with van der Waals surface area (Å²) in [5, 5.41) is 19.1. The lowest BCUT2D eigenvalue weighted by molar-refractivity contribution is -0.133. The van der Waals surface area contributed by atoms with Crippen LogP contribution in [0.2, 0.25) is 0 Å². The van der Waals surface area contributed by atoms with Gasteiger partial charge in [-0.3, -0.25) is 19.2 Å². The number of para-hydroxylation sites is 1. The Bertz CT molecular complexity index is 2190. The molecule has 1 aromatic heterocycles. The molecular formula is C44H49N7O6. The van der Waals surface area contributed by atoms with Crippen LogP contribution in [0, 0.1) is 11.8 Å². The molecule has 6 rings (SSSR count). The first-order valence-electron chi connectivity index (χ1n) is 19.3. The predicted octanol–water partition coefficient (Wildman–Crippen LogP) is 5.40. The number of alkyl carbamates (subject to hydrolysis) is 1. The molecule has 4 aromatic carbocycles. The predicted molar refractivity (Wildman–Crippen MR) is 216 cm³/mol. The molecule has 0 aliphatic heterocycles. The zero-order valence-corrected chi connectivity index (χ0v) is 32.8. The molecule has 4 N–H and O–H groups in total. The number of amides is 4. The fourth-order valence-electron chi connectivity index (χ4n) is 7.17. The van der Waals surface area contributed by atoms with Gasteiger partial charge in [0, 0.05) is 12.3 Å². The molecule has 0 fully saturated rings. The average Bonchev–Trinajstić information content (AvgIpc) is 3.77. The van der Waals surface area contributed by atoms with Crippen molar-refractivity contribution in [2.45, 2.75) is 77.5 Å². The first-order chi connectivity index (χ1) is 27.4. The lowest BCUT2D eigenvalue weighted by atomic mass is 9.98. The van der Waals surface area contributed by atoms with Crippen molar-refractivity contribution >= 4 is 40.8 Å². The molecule has 13 nitrogen and oxygen atoms in total. The number of benzene rings is 4. The highest BCUT2D eigenvalue weighted by molar-refractivity contribution is 5.97. The monoisotopic (exact) mass is 771 g/mol. The molecule has 1 heterocycles. The third-order valence-electron chi connectivity index (χ3n) is 10.1. The highest BCUT2D eigenvalue weighted by Crippen LogP contribution is 2.44. The Balaban J connectivity index is 1.10. The maximum Gasteiger partial charge on any atom is 0.407 e. The summed E-state index contributed by atoms with van der Waals surface area (Å²) in [7, 11) is 0. The maximum atomic E-state index is 13.8. The number of nitrogens with one attached hydrogen (secondary N) is 4. The number of rotatable bonds is 15. The molecule has 1 aliphatic rings. The summed E-state index contributed by atoms with van der Waals surface area (Å²) >= 11 is 0. The van der Waals surface area contributed by atoms with Crippen LogP contribution in [-0.2, 0) is 25.5 Å². The van der Waals surface area contributed by atoms with E-state index in [0.29, 0.717) is 17.5 Å². The standard InChI is InChI=1S/C44H49N7O6/c1-26(2)23-37(43(55)51-38-22-14-13-21-35(38)49-50-51)46-42(54)39(27(3)4)48-40(52)28(5)45-41(53)36(24-29-15-7-6-8-16-29)47-44(56)57-25-34-32-19-11-9-17-30(32)31-18-10-12-20-33(31)34/h6-22,26-28,34,36-37,39H,23-25H2,1-5H3,(H,45,53)(H,46,54)(H,47,56)(H,48,52)/t28-,36-,37-,39-/m0/s1. The second-order valence-electron chi connectivity index (χ2n) is 15.2. The maximum absolute atomic E-state index is 13.8. The molecule has 0 bridgehead atoms. The first-order valence-corrected chi connectivity index (χ1v) is 19.3. The van der Waals surface area contributed by atoms with Gasteiger partial charge in [0.15, 0.2) is 0 Å². The van der Waals surface area contributed by atoms with Gasteiger partial charge in [-0.15, -0.1) is 5.10 Å². The van der Waals surface area contributed by atoms with Crippen molar-refractivity contribution in [3.8, 4) is 11.1 Å². The van der Waals surface area contributed by atoms with Crippen LogP contribution in [0.1, 0.15) is 68.4 Å². The van der Waals surface area contributed by atoms with E-state index in [4.69, 9.17) is 4.74 Å². The van der Waals surface area contributed by atoms with Gasteiger partial charge in [-0.1, -0.05) is 124 Å². The topological polar surface area (TPSA) is 173 Å². The second kappa shape index (κ2) is 18.1. The van der Waals surface area contributed by atoms with Gasteiger partial charge < -0.3 is 26.0 Å². The molecule has 296 valence electrons. The van der Waals surface area contributed by atoms with E-state index >= 15 is 0 Å². The van der Waals surface area contributed by atoms with Crippen LogP contribution in [-0.4, -0.2) is 75.5 Å². The zero-order chi connectivity index (χ0) is 40.6. The molecule has 4 atom stereocenters. The van der Waals surface area contributed by atoms with E-state index < -0.39 is 53.9 Å². The van der Waals surface area contributed by atoms with Crippen LogP contribution >= 0.6 is 0 Å². The number of nitrogens with zero attached hydrogens (tertiary/aromatic N) is 3. The normalized spacial score (nSPS) is 14.2. The van der Waals surface area contributed by atoms with Crippen molar-refractivity contribution in [2.75, 3.05) is 6.61 Å². The van der Waals surface area contributed by atoms with Crippen LogP contribution in [0.3, 0.4) is 0 Å². The quantitative estimate of drug-likeness (QED) is 0.110. The lowest BCUT2D eigenvalue weighted by Crippen LogP contribution is -2.58. The minimum atomic E-state index is -1.09. The van der Waals surface area contributed by atoms with Gasteiger partial charge in [0.05, 0.1) is 5.52 Å². The van der Waals surface area contributed by atoms with Gasteiger partial charge >= 0.3 is 6.09 Å². The minimum Gasteiger partial charge on any atom is -0.449 e. The van der Waals surface area contributed by atoms with Crippen molar-refractivity contribution in [1.29, 1.82) is 0 Å². The molecule has 13 heteroatoms. The Kier molecular flexibility index (Phi) is 12.8. The highest BCUT2D eigenvalue weighted by Gasteiger charge is 2.34.